The monoisotopic (exact) mass is 339 g/mol. The summed E-state index contributed by atoms with van der Waals surface area (Å²) < 4.78 is 0. The molecule has 0 aromatic heterocycles. The van der Waals surface area contributed by atoms with Crippen LogP contribution in [0.1, 0.15) is 5.56 Å². The van der Waals surface area contributed by atoms with Crippen molar-refractivity contribution in [2.75, 3.05) is 31.1 Å². The molecule has 2 aromatic carbocycles. The second-order valence-electron chi connectivity index (χ2n) is 5.84. The fraction of sp³-hybridized carbons (Fsp3) is 0.263. The van der Waals surface area contributed by atoms with Crippen molar-refractivity contribution in [2.24, 2.45) is 0 Å². The molecular formula is C19H21N3OS. The molecule has 1 aliphatic heterocycles. The Bertz CT molecular complexity index is 670. The zero-order valence-electron chi connectivity index (χ0n) is 13.5. The maximum absolute atomic E-state index is 11.5. The minimum atomic E-state index is 0.579. The van der Waals surface area contributed by atoms with E-state index in [0.717, 1.165) is 44.8 Å². The van der Waals surface area contributed by atoms with Crippen molar-refractivity contribution < 1.29 is 4.79 Å². The van der Waals surface area contributed by atoms with Gasteiger partial charge in [0.2, 0.25) is 6.41 Å². The molecule has 1 aliphatic rings. The van der Waals surface area contributed by atoms with E-state index in [4.69, 9.17) is 12.2 Å². The van der Waals surface area contributed by atoms with Gasteiger partial charge in [-0.25, -0.2) is 0 Å². The third-order valence-electron chi connectivity index (χ3n) is 4.24. The number of nitrogens with zero attached hydrogens (tertiary/aromatic N) is 3. The minimum absolute atomic E-state index is 0.579. The van der Waals surface area contributed by atoms with Crippen LogP contribution in [-0.4, -0.2) is 47.5 Å². The summed E-state index contributed by atoms with van der Waals surface area (Å²) in [5, 5.41) is 0.579. The number of para-hydroxylation sites is 1. The molecule has 0 spiro atoms. The molecule has 4 nitrogen and oxygen atoms in total. The van der Waals surface area contributed by atoms with E-state index < -0.39 is 0 Å². The van der Waals surface area contributed by atoms with Crippen LogP contribution < -0.4 is 4.90 Å². The molecule has 1 heterocycles. The SMILES string of the molecule is O=CN(C(=S)N1CCN(Cc2ccccc2)CC1)c1ccccc1. The van der Waals surface area contributed by atoms with Gasteiger partial charge < -0.3 is 4.90 Å². The molecular weight excluding hydrogens is 318 g/mol. The summed E-state index contributed by atoms with van der Waals surface area (Å²) in [6.45, 7) is 4.51. The molecule has 0 N–H and O–H groups in total. The zero-order chi connectivity index (χ0) is 16.8. The number of piperazine rings is 1. The summed E-state index contributed by atoms with van der Waals surface area (Å²) in [6.07, 6.45) is 0.800. The van der Waals surface area contributed by atoms with Crippen LogP contribution in [0, 0.1) is 0 Å². The zero-order valence-corrected chi connectivity index (χ0v) is 14.4. The number of amides is 1. The molecule has 24 heavy (non-hydrogen) atoms. The van der Waals surface area contributed by atoms with Crippen LogP contribution in [0.25, 0.3) is 0 Å². The number of hydrogen-bond donors (Lipinski definition) is 0. The van der Waals surface area contributed by atoms with Crippen molar-refractivity contribution in [2.45, 2.75) is 6.54 Å². The number of hydrogen-bond acceptors (Lipinski definition) is 3. The van der Waals surface area contributed by atoms with Crippen LogP contribution in [0.4, 0.5) is 5.69 Å². The Morgan fingerprint density at radius 3 is 2.12 bits per heavy atom. The Labute approximate surface area is 148 Å². The maximum atomic E-state index is 11.5. The van der Waals surface area contributed by atoms with Crippen molar-refractivity contribution in [3.05, 3.63) is 66.2 Å². The smallest absolute Gasteiger partial charge is 0.220 e. The number of carbonyl (C=O) groups is 1. The van der Waals surface area contributed by atoms with Gasteiger partial charge in [-0.2, -0.15) is 0 Å². The summed E-state index contributed by atoms with van der Waals surface area (Å²) in [6, 6.07) is 20.0. The number of thiocarbonyl (C=S) groups is 1. The highest BCUT2D eigenvalue weighted by molar-refractivity contribution is 7.80. The second-order valence-corrected chi connectivity index (χ2v) is 6.21. The van der Waals surface area contributed by atoms with Crippen LogP contribution in [0.2, 0.25) is 0 Å². The standard InChI is InChI=1S/C19H21N3OS/c23-16-22(18-9-5-2-6-10-18)19(24)21-13-11-20(12-14-21)15-17-7-3-1-4-8-17/h1-10,16H,11-15H2. The Morgan fingerprint density at radius 1 is 0.958 bits per heavy atom. The van der Waals surface area contributed by atoms with Crippen LogP contribution in [0.3, 0.4) is 0 Å². The fourth-order valence-corrected chi connectivity index (χ4v) is 3.23. The summed E-state index contributed by atoms with van der Waals surface area (Å²) in [5.41, 5.74) is 2.14. The summed E-state index contributed by atoms with van der Waals surface area (Å²) in [7, 11) is 0. The van der Waals surface area contributed by atoms with Gasteiger partial charge in [-0.05, 0) is 29.9 Å². The number of benzene rings is 2. The first-order chi connectivity index (χ1) is 11.8. The maximum Gasteiger partial charge on any atom is 0.220 e. The number of anilines is 1. The molecule has 5 heteroatoms. The molecule has 1 amide bonds. The highest BCUT2D eigenvalue weighted by Crippen LogP contribution is 2.16. The summed E-state index contributed by atoms with van der Waals surface area (Å²) in [5.74, 6) is 0. The number of carbonyl (C=O) groups excluding carboxylic acids is 1. The number of rotatable bonds is 4. The van der Waals surface area contributed by atoms with Gasteiger partial charge in [0.25, 0.3) is 0 Å². The topological polar surface area (TPSA) is 26.8 Å². The van der Waals surface area contributed by atoms with E-state index in [1.807, 2.05) is 36.4 Å². The molecule has 0 aliphatic carbocycles. The largest absolute Gasteiger partial charge is 0.346 e. The van der Waals surface area contributed by atoms with Gasteiger partial charge >= 0.3 is 0 Å². The quantitative estimate of drug-likeness (QED) is 0.632. The van der Waals surface area contributed by atoms with E-state index in [1.165, 1.54) is 5.56 Å². The Balaban J connectivity index is 1.57. The van der Waals surface area contributed by atoms with Gasteiger partial charge in [-0.1, -0.05) is 48.5 Å². The lowest BCUT2D eigenvalue weighted by atomic mass is 10.2. The van der Waals surface area contributed by atoms with Crippen molar-refractivity contribution in [3.63, 3.8) is 0 Å². The van der Waals surface area contributed by atoms with E-state index in [-0.39, 0.29) is 0 Å². The Hall–Kier alpha value is -2.24. The van der Waals surface area contributed by atoms with Crippen LogP contribution >= 0.6 is 12.2 Å². The van der Waals surface area contributed by atoms with Crippen molar-refractivity contribution >= 4 is 29.4 Å². The first-order valence-electron chi connectivity index (χ1n) is 8.12. The first kappa shape index (κ1) is 16.6. The fourth-order valence-electron chi connectivity index (χ4n) is 2.90. The third kappa shape index (κ3) is 3.99. The highest BCUT2D eigenvalue weighted by Gasteiger charge is 2.23. The molecule has 2 aromatic rings. The van der Waals surface area contributed by atoms with E-state index in [2.05, 4.69) is 34.1 Å². The van der Waals surface area contributed by atoms with E-state index in [0.29, 0.717) is 5.11 Å². The lowest BCUT2D eigenvalue weighted by Crippen LogP contribution is -2.52. The normalized spacial score (nSPS) is 15.1. The molecule has 0 saturated carbocycles. The van der Waals surface area contributed by atoms with Gasteiger partial charge in [0.05, 0.1) is 5.69 Å². The first-order valence-corrected chi connectivity index (χ1v) is 8.53. The van der Waals surface area contributed by atoms with Gasteiger partial charge in [-0.3, -0.25) is 14.6 Å². The predicted molar refractivity (Wildman–Crippen MR) is 101 cm³/mol. The van der Waals surface area contributed by atoms with E-state index in [9.17, 15) is 4.79 Å². The molecule has 0 bridgehead atoms. The predicted octanol–water partition coefficient (Wildman–Crippen LogP) is 2.75. The van der Waals surface area contributed by atoms with Crippen molar-refractivity contribution in [1.29, 1.82) is 0 Å². The molecule has 0 unspecified atom stereocenters. The van der Waals surface area contributed by atoms with Crippen molar-refractivity contribution in [1.82, 2.24) is 9.80 Å². The van der Waals surface area contributed by atoms with Crippen LogP contribution in [0.5, 0.6) is 0 Å². The third-order valence-corrected chi connectivity index (χ3v) is 4.69. The van der Waals surface area contributed by atoms with Crippen molar-refractivity contribution in [3.8, 4) is 0 Å². The van der Waals surface area contributed by atoms with E-state index in [1.54, 1.807) is 4.90 Å². The minimum Gasteiger partial charge on any atom is -0.346 e. The lowest BCUT2D eigenvalue weighted by Gasteiger charge is -2.38. The lowest BCUT2D eigenvalue weighted by molar-refractivity contribution is -0.106. The summed E-state index contributed by atoms with van der Waals surface area (Å²) >= 11 is 5.55. The van der Waals surface area contributed by atoms with Gasteiger partial charge in [0.15, 0.2) is 5.11 Å². The highest BCUT2D eigenvalue weighted by atomic mass is 32.1. The molecule has 0 atom stereocenters. The second kappa shape index (κ2) is 8.04. The van der Waals surface area contributed by atoms with Gasteiger partial charge in [0, 0.05) is 32.7 Å². The van der Waals surface area contributed by atoms with Gasteiger partial charge in [0.1, 0.15) is 0 Å². The summed E-state index contributed by atoms with van der Waals surface area (Å²) in [4.78, 5) is 17.6. The van der Waals surface area contributed by atoms with Gasteiger partial charge in [-0.15, -0.1) is 0 Å². The van der Waals surface area contributed by atoms with Crippen LogP contribution in [0.15, 0.2) is 60.7 Å². The Kier molecular flexibility index (Phi) is 5.56. The molecule has 0 radical (unpaired) electrons. The molecule has 124 valence electrons. The average Bonchev–Trinajstić information content (AvgIpc) is 2.65. The Morgan fingerprint density at radius 2 is 1.54 bits per heavy atom. The molecule has 1 fully saturated rings. The molecule has 1 saturated heterocycles. The molecule has 3 rings (SSSR count). The van der Waals surface area contributed by atoms with E-state index >= 15 is 0 Å². The van der Waals surface area contributed by atoms with Crippen LogP contribution in [-0.2, 0) is 11.3 Å². The average molecular weight is 339 g/mol.